The first-order valence-corrected chi connectivity index (χ1v) is 9.47. The Hall–Kier alpha value is -2.62. The largest absolute Gasteiger partial charge is 0.461 e. The third kappa shape index (κ3) is 3.90. The lowest BCUT2D eigenvalue weighted by Crippen LogP contribution is -2.22. The van der Waals surface area contributed by atoms with Crippen molar-refractivity contribution in [2.75, 3.05) is 0 Å². The highest BCUT2D eigenvalue weighted by Crippen LogP contribution is 2.31. The number of fused-ring (bicyclic) bond motifs is 1. The molecule has 1 aromatic heterocycles. The number of ether oxygens (including phenoxy) is 1. The number of carbonyl (C=O) groups is 1. The number of hydrogen-bond donors (Lipinski definition) is 0. The van der Waals surface area contributed by atoms with Crippen LogP contribution in [-0.2, 0) is 14.9 Å². The molecule has 0 spiro atoms. The van der Waals surface area contributed by atoms with E-state index in [2.05, 4.69) is 45.0 Å². The van der Waals surface area contributed by atoms with Crippen molar-refractivity contribution in [2.45, 2.75) is 59.1 Å². The van der Waals surface area contributed by atoms with Crippen molar-refractivity contribution < 1.29 is 9.53 Å². The Bertz CT molecular complexity index is 947. The van der Waals surface area contributed by atoms with Gasteiger partial charge in [-0.15, -0.1) is 0 Å². The first kappa shape index (κ1) is 19.2. The maximum Gasteiger partial charge on any atom is 0.329 e. The maximum atomic E-state index is 12.6. The van der Waals surface area contributed by atoms with Crippen molar-refractivity contribution in [1.29, 1.82) is 0 Å². The average Bonchev–Trinajstić information content (AvgIpc) is 2.99. The zero-order valence-electron chi connectivity index (χ0n) is 17.0. The van der Waals surface area contributed by atoms with Gasteiger partial charge in [0.1, 0.15) is 11.9 Å². The molecule has 2 aromatic carbocycles. The van der Waals surface area contributed by atoms with E-state index in [0.29, 0.717) is 0 Å². The minimum absolute atomic E-state index is 0.0903. The fourth-order valence-corrected chi connectivity index (χ4v) is 3.20. The SMILES string of the molecule is CC(C)OC(=O)C(C)n1c(-c2ccc(C(C)(C)C)cc2)nc2ccccc21. The molecule has 0 aliphatic rings. The van der Waals surface area contributed by atoms with Crippen LogP contribution >= 0.6 is 0 Å². The lowest BCUT2D eigenvalue weighted by Gasteiger charge is -2.20. The molecule has 0 saturated carbocycles. The molecule has 3 rings (SSSR count). The molecule has 0 aliphatic heterocycles. The molecule has 0 fully saturated rings. The maximum absolute atomic E-state index is 12.6. The number of carbonyl (C=O) groups excluding carboxylic acids is 1. The van der Waals surface area contributed by atoms with Crippen molar-refractivity contribution >= 4 is 17.0 Å². The van der Waals surface area contributed by atoms with E-state index in [1.165, 1.54) is 5.56 Å². The van der Waals surface area contributed by atoms with Crippen LogP contribution in [0.25, 0.3) is 22.4 Å². The summed E-state index contributed by atoms with van der Waals surface area (Å²) in [7, 11) is 0. The van der Waals surface area contributed by atoms with Crippen LogP contribution in [0, 0.1) is 0 Å². The van der Waals surface area contributed by atoms with Crippen LogP contribution in [0.5, 0.6) is 0 Å². The predicted molar refractivity (Wildman–Crippen MR) is 110 cm³/mol. The van der Waals surface area contributed by atoms with Crippen LogP contribution < -0.4 is 0 Å². The highest BCUT2D eigenvalue weighted by atomic mass is 16.5. The number of aromatic nitrogens is 2. The summed E-state index contributed by atoms with van der Waals surface area (Å²) < 4.78 is 7.43. The van der Waals surface area contributed by atoms with Gasteiger partial charge in [-0.2, -0.15) is 0 Å². The van der Waals surface area contributed by atoms with Gasteiger partial charge in [-0.05, 0) is 43.9 Å². The molecule has 0 aliphatic carbocycles. The van der Waals surface area contributed by atoms with E-state index in [-0.39, 0.29) is 17.5 Å². The van der Waals surface area contributed by atoms with Crippen LogP contribution in [0.2, 0.25) is 0 Å². The molecular weight excluding hydrogens is 336 g/mol. The summed E-state index contributed by atoms with van der Waals surface area (Å²) in [6.07, 6.45) is -0.149. The van der Waals surface area contributed by atoms with Crippen molar-refractivity contribution in [2.24, 2.45) is 0 Å². The second kappa shape index (κ2) is 7.18. The Morgan fingerprint density at radius 1 is 1.00 bits per heavy atom. The van der Waals surface area contributed by atoms with Crippen molar-refractivity contribution in [1.82, 2.24) is 9.55 Å². The Morgan fingerprint density at radius 2 is 1.63 bits per heavy atom. The number of benzene rings is 2. The Kier molecular flexibility index (Phi) is 5.09. The Balaban J connectivity index is 2.11. The minimum atomic E-state index is -0.461. The summed E-state index contributed by atoms with van der Waals surface area (Å²) in [6.45, 7) is 12.2. The third-order valence-electron chi connectivity index (χ3n) is 4.69. The summed E-state index contributed by atoms with van der Waals surface area (Å²) in [5.74, 6) is 0.533. The molecule has 0 bridgehead atoms. The summed E-state index contributed by atoms with van der Waals surface area (Å²) in [4.78, 5) is 17.4. The average molecular weight is 364 g/mol. The van der Waals surface area contributed by atoms with Gasteiger partial charge in [-0.3, -0.25) is 0 Å². The monoisotopic (exact) mass is 364 g/mol. The normalized spacial score (nSPS) is 13.1. The molecule has 0 radical (unpaired) electrons. The summed E-state index contributed by atoms with van der Waals surface area (Å²) in [5.41, 5.74) is 4.15. The molecule has 1 heterocycles. The van der Waals surface area contributed by atoms with Crippen LogP contribution in [0.3, 0.4) is 0 Å². The second-order valence-electron chi connectivity index (χ2n) is 8.28. The topological polar surface area (TPSA) is 44.1 Å². The lowest BCUT2D eigenvalue weighted by atomic mass is 9.86. The van der Waals surface area contributed by atoms with Gasteiger partial charge >= 0.3 is 5.97 Å². The highest BCUT2D eigenvalue weighted by molar-refractivity contribution is 5.84. The van der Waals surface area contributed by atoms with Gasteiger partial charge in [0.25, 0.3) is 0 Å². The van der Waals surface area contributed by atoms with Crippen LogP contribution in [0.15, 0.2) is 48.5 Å². The Morgan fingerprint density at radius 3 is 2.22 bits per heavy atom. The van der Waals surface area contributed by atoms with Crippen LogP contribution in [-0.4, -0.2) is 21.6 Å². The van der Waals surface area contributed by atoms with Crippen LogP contribution in [0.1, 0.15) is 53.1 Å². The van der Waals surface area contributed by atoms with E-state index >= 15 is 0 Å². The molecular formula is C23H28N2O2. The van der Waals surface area contributed by atoms with E-state index in [1.807, 2.05) is 49.6 Å². The molecule has 0 N–H and O–H groups in total. The van der Waals surface area contributed by atoms with Gasteiger partial charge < -0.3 is 9.30 Å². The van der Waals surface area contributed by atoms with E-state index < -0.39 is 6.04 Å². The summed E-state index contributed by atoms with van der Waals surface area (Å²) in [5, 5.41) is 0. The van der Waals surface area contributed by atoms with E-state index in [4.69, 9.17) is 9.72 Å². The number of esters is 1. The van der Waals surface area contributed by atoms with E-state index in [1.54, 1.807) is 0 Å². The van der Waals surface area contributed by atoms with Gasteiger partial charge in [0.15, 0.2) is 0 Å². The summed E-state index contributed by atoms with van der Waals surface area (Å²) >= 11 is 0. The predicted octanol–water partition coefficient (Wildman–Crippen LogP) is 5.51. The number of rotatable bonds is 4. The molecule has 27 heavy (non-hydrogen) atoms. The molecule has 3 aromatic rings. The fraction of sp³-hybridized carbons (Fsp3) is 0.391. The first-order chi connectivity index (χ1) is 12.7. The standard InChI is InChI=1S/C23H28N2O2/c1-15(2)27-22(26)16(3)25-20-10-8-7-9-19(20)24-21(25)17-11-13-18(14-12-17)23(4,5)6/h7-16H,1-6H3. The number of para-hydroxylation sites is 2. The first-order valence-electron chi connectivity index (χ1n) is 9.47. The molecule has 1 unspecified atom stereocenters. The van der Waals surface area contributed by atoms with Gasteiger partial charge in [-0.1, -0.05) is 57.2 Å². The smallest absolute Gasteiger partial charge is 0.329 e. The molecule has 142 valence electrons. The van der Waals surface area contributed by atoms with E-state index in [0.717, 1.165) is 22.4 Å². The molecule has 4 nitrogen and oxygen atoms in total. The van der Waals surface area contributed by atoms with Gasteiger partial charge in [0.2, 0.25) is 0 Å². The minimum Gasteiger partial charge on any atom is -0.461 e. The zero-order chi connectivity index (χ0) is 19.8. The fourth-order valence-electron chi connectivity index (χ4n) is 3.20. The molecule has 0 amide bonds. The van der Waals surface area contributed by atoms with Crippen LogP contribution in [0.4, 0.5) is 0 Å². The number of imidazole rings is 1. The summed E-state index contributed by atoms with van der Waals surface area (Å²) in [6, 6.07) is 15.9. The molecule has 0 saturated heterocycles. The number of hydrogen-bond acceptors (Lipinski definition) is 3. The van der Waals surface area contributed by atoms with E-state index in [9.17, 15) is 4.79 Å². The molecule has 1 atom stereocenters. The second-order valence-corrected chi connectivity index (χ2v) is 8.28. The quantitative estimate of drug-likeness (QED) is 0.573. The third-order valence-corrected chi connectivity index (χ3v) is 4.69. The molecule has 4 heteroatoms. The number of nitrogens with zero attached hydrogens (tertiary/aromatic N) is 2. The van der Waals surface area contributed by atoms with Crippen molar-refractivity contribution in [3.8, 4) is 11.4 Å². The Labute approximate surface area is 161 Å². The zero-order valence-corrected chi connectivity index (χ0v) is 17.0. The van der Waals surface area contributed by atoms with Gasteiger partial charge in [0, 0.05) is 5.56 Å². The highest BCUT2D eigenvalue weighted by Gasteiger charge is 2.24. The van der Waals surface area contributed by atoms with Gasteiger partial charge in [0.05, 0.1) is 17.1 Å². The lowest BCUT2D eigenvalue weighted by molar-refractivity contribution is -0.150. The van der Waals surface area contributed by atoms with Crippen molar-refractivity contribution in [3.63, 3.8) is 0 Å². The van der Waals surface area contributed by atoms with Gasteiger partial charge in [-0.25, -0.2) is 9.78 Å². The van der Waals surface area contributed by atoms with Crippen molar-refractivity contribution in [3.05, 3.63) is 54.1 Å².